The normalized spacial score (nSPS) is 28.0. The summed E-state index contributed by atoms with van der Waals surface area (Å²) in [4.78, 5) is 25.8. The van der Waals surface area contributed by atoms with Gasteiger partial charge in [-0.1, -0.05) is 33.1 Å². The standard InChI is InChI=1S/C16H28N2O3/c1-15(2)8-7-11-18(12(15)13(19)20)14(21)17-16(3)9-5-4-6-10-16/h12H,4-11H2,1-3H3,(H,17,21)(H,19,20). The van der Waals surface area contributed by atoms with E-state index in [4.69, 9.17) is 0 Å². The van der Waals surface area contributed by atoms with Crippen LogP contribution in [0.2, 0.25) is 0 Å². The largest absolute Gasteiger partial charge is 0.480 e. The molecular formula is C16H28N2O3. The zero-order valence-corrected chi connectivity index (χ0v) is 13.4. The van der Waals surface area contributed by atoms with Gasteiger partial charge < -0.3 is 15.3 Å². The van der Waals surface area contributed by atoms with Crippen LogP contribution >= 0.6 is 0 Å². The molecule has 0 aromatic carbocycles. The lowest BCUT2D eigenvalue weighted by Crippen LogP contribution is -2.61. The van der Waals surface area contributed by atoms with E-state index in [9.17, 15) is 14.7 Å². The van der Waals surface area contributed by atoms with Crippen molar-refractivity contribution in [2.45, 2.75) is 77.3 Å². The average molecular weight is 296 g/mol. The van der Waals surface area contributed by atoms with E-state index in [0.717, 1.165) is 38.5 Å². The number of carboxylic acid groups (broad SMARTS) is 1. The lowest BCUT2D eigenvalue weighted by atomic mass is 9.76. The number of nitrogens with one attached hydrogen (secondary N) is 1. The Hall–Kier alpha value is -1.26. The van der Waals surface area contributed by atoms with Gasteiger partial charge in [0, 0.05) is 12.1 Å². The van der Waals surface area contributed by atoms with Crippen LogP contribution in [0.5, 0.6) is 0 Å². The van der Waals surface area contributed by atoms with Crippen molar-refractivity contribution in [1.82, 2.24) is 10.2 Å². The number of rotatable bonds is 2. The third-order valence-electron chi connectivity index (χ3n) is 5.13. The van der Waals surface area contributed by atoms with Gasteiger partial charge in [-0.05, 0) is 38.0 Å². The number of aliphatic carboxylic acids is 1. The van der Waals surface area contributed by atoms with Gasteiger partial charge in [0.05, 0.1) is 0 Å². The molecule has 2 N–H and O–H groups in total. The van der Waals surface area contributed by atoms with Gasteiger partial charge in [0.2, 0.25) is 0 Å². The molecule has 1 unspecified atom stereocenters. The van der Waals surface area contributed by atoms with Crippen molar-refractivity contribution >= 4 is 12.0 Å². The highest BCUT2D eigenvalue weighted by atomic mass is 16.4. The Morgan fingerprint density at radius 1 is 1.05 bits per heavy atom. The molecule has 5 nitrogen and oxygen atoms in total. The molecule has 1 heterocycles. The fourth-order valence-electron chi connectivity index (χ4n) is 3.87. The summed E-state index contributed by atoms with van der Waals surface area (Å²) >= 11 is 0. The van der Waals surface area contributed by atoms with Crippen LogP contribution in [0.15, 0.2) is 0 Å². The fourth-order valence-corrected chi connectivity index (χ4v) is 3.87. The van der Waals surface area contributed by atoms with E-state index in [2.05, 4.69) is 12.2 Å². The van der Waals surface area contributed by atoms with Crippen molar-refractivity contribution in [1.29, 1.82) is 0 Å². The lowest BCUT2D eigenvalue weighted by Gasteiger charge is -2.45. The highest BCUT2D eigenvalue weighted by molar-refractivity contribution is 5.84. The molecule has 0 bridgehead atoms. The van der Waals surface area contributed by atoms with Crippen LogP contribution in [-0.2, 0) is 4.79 Å². The summed E-state index contributed by atoms with van der Waals surface area (Å²) in [6.07, 6.45) is 7.14. The van der Waals surface area contributed by atoms with E-state index in [1.165, 1.54) is 11.3 Å². The molecule has 120 valence electrons. The minimum Gasteiger partial charge on any atom is -0.480 e. The molecule has 2 fully saturated rings. The van der Waals surface area contributed by atoms with Gasteiger partial charge >= 0.3 is 12.0 Å². The molecular weight excluding hydrogens is 268 g/mol. The summed E-state index contributed by atoms with van der Waals surface area (Å²) in [6, 6.07) is -0.946. The summed E-state index contributed by atoms with van der Waals surface area (Å²) in [5, 5.41) is 12.7. The predicted molar refractivity (Wildman–Crippen MR) is 81.2 cm³/mol. The Labute approximate surface area is 127 Å². The van der Waals surface area contributed by atoms with Crippen molar-refractivity contribution in [3.8, 4) is 0 Å². The van der Waals surface area contributed by atoms with Crippen molar-refractivity contribution in [2.75, 3.05) is 6.54 Å². The Kier molecular flexibility index (Phi) is 4.49. The van der Waals surface area contributed by atoms with Crippen LogP contribution in [-0.4, -0.2) is 40.1 Å². The minimum absolute atomic E-state index is 0.181. The fraction of sp³-hybridized carbons (Fsp3) is 0.875. The van der Waals surface area contributed by atoms with E-state index in [-0.39, 0.29) is 17.0 Å². The summed E-state index contributed by atoms with van der Waals surface area (Å²) in [5.74, 6) is -0.899. The average Bonchev–Trinajstić information content (AvgIpc) is 2.37. The van der Waals surface area contributed by atoms with Crippen molar-refractivity contribution < 1.29 is 14.7 Å². The Morgan fingerprint density at radius 2 is 1.67 bits per heavy atom. The highest BCUT2D eigenvalue weighted by Crippen LogP contribution is 2.36. The van der Waals surface area contributed by atoms with Gasteiger partial charge in [-0.2, -0.15) is 0 Å². The van der Waals surface area contributed by atoms with Crippen LogP contribution in [0, 0.1) is 5.41 Å². The van der Waals surface area contributed by atoms with Crippen LogP contribution in [0.3, 0.4) is 0 Å². The first-order valence-corrected chi connectivity index (χ1v) is 8.07. The Balaban J connectivity index is 2.11. The van der Waals surface area contributed by atoms with Gasteiger partial charge in [-0.25, -0.2) is 9.59 Å². The third kappa shape index (κ3) is 3.50. The van der Waals surface area contributed by atoms with E-state index in [0.29, 0.717) is 6.54 Å². The van der Waals surface area contributed by atoms with Gasteiger partial charge in [0.1, 0.15) is 6.04 Å². The van der Waals surface area contributed by atoms with Crippen molar-refractivity contribution in [3.63, 3.8) is 0 Å². The number of hydrogen-bond acceptors (Lipinski definition) is 2. The maximum Gasteiger partial charge on any atom is 0.327 e. The van der Waals surface area contributed by atoms with E-state index in [1.54, 1.807) is 0 Å². The quantitative estimate of drug-likeness (QED) is 0.823. The molecule has 2 aliphatic rings. The number of amides is 2. The summed E-state index contributed by atoms with van der Waals surface area (Å²) < 4.78 is 0. The molecule has 5 heteroatoms. The SMILES string of the molecule is CC1(NC(=O)N2CCCC(C)(C)C2C(=O)O)CCCCC1. The topological polar surface area (TPSA) is 69.6 Å². The number of carbonyl (C=O) groups is 2. The summed E-state index contributed by atoms with van der Waals surface area (Å²) in [7, 11) is 0. The molecule has 1 aliphatic carbocycles. The molecule has 21 heavy (non-hydrogen) atoms. The van der Waals surface area contributed by atoms with Gasteiger partial charge in [0.25, 0.3) is 0 Å². The second-order valence-electron chi connectivity index (χ2n) is 7.58. The first-order chi connectivity index (χ1) is 9.75. The molecule has 0 radical (unpaired) electrons. The maximum atomic E-state index is 12.6. The summed E-state index contributed by atoms with van der Waals surface area (Å²) in [5.41, 5.74) is -0.561. The maximum absolute atomic E-state index is 12.6. The van der Waals surface area contributed by atoms with Crippen molar-refractivity contribution in [3.05, 3.63) is 0 Å². The Morgan fingerprint density at radius 3 is 2.24 bits per heavy atom. The molecule has 1 saturated carbocycles. The molecule has 1 aliphatic heterocycles. The first-order valence-electron chi connectivity index (χ1n) is 8.07. The zero-order valence-electron chi connectivity index (χ0n) is 13.4. The molecule has 2 rings (SSSR count). The van der Waals surface area contributed by atoms with Crippen LogP contribution in [0.1, 0.15) is 65.7 Å². The van der Waals surface area contributed by atoms with Gasteiger partial charge in [-0.3, -0.25) is 0 Å². The second-order valence-corrected chi connectivity index (χ2v) is 7.58. The van der Waals surface area contributed by atoms with E-state index >= 15 is 0 Å². The first kappa shape index (κ1) is 16.1. The molecule has 1 saturated heterocycles. The van der Waals surface area contributed by atoms with Gasteiger partial charge in [0.15, 0.2) is 0 Å². The molecule has 0 aromatic rings. The van der Waals surface area contributed by atoms with E-state index < -0.39 is 12.0 Å². The molecule has 1 atom stereocenters. The van der Waals surface area contributed by atoms with Crippen LogP contribution in [0.25, 0.3) is 0 Å². The monoisotopic (exact) mass is 296 g/mol. The number of carboxylic acids is 1. The highest BCUT2D eigenvalue weighted by Gasteiger charge is 2.45. The van der Waals surface area contributed by atoms with E-state index in [1.807, 2.05) is 13.8 Å². The number of nitrogens with zero attached hydrogens (tertiary/aromatic N) is 1. The van der Waals surface area contributed by atoms with Crippen molar-refractivity contribution in [2.24, 2.45) is 5.41 Å². The summed E-state index contributed by atoms with van der Waals surface area (Å²) in [6.45, 7) is 6.48. The third-order valence-corrected chi connectivity index (χ3v) is 5.13. The second kappa shape index (κ2) is 5.85. The Bertz CT molecular complexity index is 414. The number of hydrogen-bond donors (Lipinski definition) is 2. The number of urea groups is 1. The lowest BCUT2D eigenvalue weighted by molar-refractivity contribution is -0.148. The zero-order chi connectivity index (χ0) is 15.7. The number of likely N-dealkylation sites (tertiary alicyclic amines) is 1. The van der Waals surface area contributed by atoms with Crippen LogP contribution in [0.4, 0.5) is 4.79 Å². The van der Waals surface area contributed by atoms with Crippen LogP contribution < -0.4 is 5.32 Å². The smallest absolute Gasteiger partial charge is 0.327 e. The molecule has 2 amide bonds. The molecule has 0 aromatic heterocycles. The number of carbonyl (C=O) groups excluding carboxylic acids is 1. The van der Waals surface area contributed by atoms with Gasteiger partial charge in [-0.15, -0.1) is 0 Å². The number of piperidine rings is 1. The minimum atomic E-state index is -0.899. The molecule has 0 spiro atoms. The predicted octanol–water partition coefficient (Wildman–Crippen LogP) is 2.99.